The first-order valence-corrected chi connectivity index (χ1v) is 8.56. The number of nitrogens with zero attached hydrogens (tertiary/aromatic N) is 4. The largest absolute Gasteiger partial charge is 0.364 e. The van der Waals surface area contributed by atoms with Crippen molar-refractivity contribution in [2.45, 2.75) is 32.4 Å². The lowest BCUT2D eigenvalue weighted by molar-refractivity contribution is 0.104. The highest BCUT2D eigenvalue weighted by Crippen LogP contribution is 2.50. The molecule has 0 saturated carbocycles. The highest BCUT2D eigenvalue weighted by Gasteiger charge is 2.43. The molecule has 0 bridgehead atoms. The van der Waals surface area contributed by atoms with E-state index < -0.39 is 0 Å². The van der Waals surface area contributed by atoms with Gasteiger partial charge in [-0.1, -0.05) is 18.2 Å². The monoisotopic (exact) mass is 330 g/mol. The van der Waals surface area contributed by atoms with Crippen LogP contribution >= 0.6 is 11.6 Å². The van der Waals surface area contributed by atoms with Gasteiger partial charge in [0.05, 0.1) is 22.1 Å². The third-order valence-electron chi connectivity index (χ3n) is 5.68. The predicted molar refractivity (Wildman–Crippen MR) is 95.7 cm³/mol. The van der Waals surface area contributed by atoms with Crippen molar-refractivity contribution in [1.29, 1.82) is 0 Å². The molecule has 4 rings (SSSR count). The summed E-state index contributed by atoms with van der Waals surface area (Å²) in [5.41, 5.74) is 6.82. The fourth-order valence-electron chi connectivity index (χ4n) is 4.12. The van der Waals surface area contributed by atoms with E-state index in [0.717, 1.165) is 47.2 Å². The van der Waals surface area contributed by atoms with Gasteiger partial charge in [0.1, 0.15) is 0 Å². The van der Waals surface area contributed by atoms with Crippen molar-refractivity contribution < 1.29 is 0 Å². The Bertz CT molecular complexity index is 739. The molecule has 0 spiro atoms. The lowest BCUT2D eigenvalue weighted by Gasteiger charge is -2.43. The van der Waals surface area contributed by atoms with Crippen LogP contribution in [-0.4, -0.2) is 54.1 Å². The van der Waals surface area contributed by atoms with Gasteiger partial charge in [0.15, 0.2) is 0 Å². The zero-order valence-electron chi connectivity index (χ0n) is 14.2. The fraction of sp³-hybridized carbons (Fsp3) is 0.500. The molecule has 0 N–H and O–H groups in total. The van der Waals surface area contributed by atoms with Crippen molar-refractivity contribution in [3.63, 3.8) is 0 Å². The maximum Gasteiger partial charge on any atom is 0.0862 e. The summed E-state index contributed by atoms with van der Waals surface area (Å²) in [6.07, 6.45) is 3.04. The summed E-state index contributed by atoms with van der Waals surface area (Å²) in [4.78, 5) is 11.7. The van der Waals surface area contributed by atoms with E-state index >= 15 is 0 Å². The molecule has 1 saturated heterocycles. The zero-order valence-corrected chi connectivity index (χ0v) is 15.0. The molecule has 0 aromatic carbocycles. The Balaban J connectivity index is 1.88. The Morgan fingerprint density at radius 1 is 1.30 bits per heavy atom. The number of aryl methyl sites for hydroxylation is 1. The van der Waals surface area contributed by atoms with E-state index in [1.54, 1.807) is 0 Å². The van der Waals surface area contributed by atoms with Crippen LogP contribution in [-0.2, 0) is 0 Å². The van der Waals surface area contributed by atoms with Crippen molar-refractivity contribution in [2.24, 2.45) is 0 Å². The molecule has 0 aliphatic carbocycles. The van der Waals surface area contributed by atoms with Gasteiger partial charge in [-0.05, 0) is 27.3 Å². The summed E-state index contributed by atoms with van der Waals surface area (Å²) in [5.74, 6) is 0. The Morgan fingerprint density at radius 3 is 2.78 bits per heavy atom. The highest BCUT2D eigenvalue weighted by atomic mass is 35.5. The number of pyridine rings is 1. The van der Waals surface area contributed by atoms with E-state index in [1.807, 2.05) is 13.1 Å². The summed E-state index contributed by atoms with van der Waals surface area (Å²) in [6.45, 7) is 10.7. The van der Waals surface area contributed by atoms with E-state index in [1.165, 1.54) is 11.3 Å². The minimum absolute atomic E-state index is 0.525. The van der Waals surface area contributed by atoms with E-state index in [2.05, 4.69) is 47.3 Å². The van der Waals surface area contributed by atoms with Crippen LogP contribution in [0.1, 0.15) is 24.6 Å². The second-order valence-electron chi connectivity index (χ2n) is 7.05. The standard InChI is InChI=1S/C18H23ClN4/c1-10-8-23-13(9-21(10)4)6-14-12(3)22(5)18-15(17(14)23)7-20-11(2)16(18)19/h7,10,13H,3,6,8-9H2,1-2,4-5H3. The SMILES string of the molecule is C=C1C2=C(c3cnc(C)c(Cl)c3N1C)N1CC(C)N(C)CC1C2. The smallest absolute Gasteiger partial charge is 0.0862 e. The van der Waals surface area contributed by atoms with Gasteiger partial charge in [0, 0.05) is 55.3 Å². The molecule has 0 amide bonds. The summed E-state index contributed by atoms with van der Waals surface area (Å²) < 4.78 is 0. The van der Waals surface area contributed by atoms with Gasteiger partial charge in [-0.15, -0.1) is 0 Å². The number of hydrogen-bond acceptors (Lipinski definition) is 4. The van der Waals surface area contributed by atoms with Gasteiger partial charge in [0.25, 0.3) is 0 Å². The van der Waals surface area contributed by atoms with Crippen molar-refractivity contribution in [1.82, 2.24) is 14.8 Å². The average Bonchev–Trinajstić information content (AvgIpc) is 2.87. The van der Waals surface area contributed by atoms with Crippen LogP contribution in [0.25, 0.3) is 5.70 Å². The summed E-state index contributed by atoms with van der Waals surface area (Å²) in [5, 5.41) is 0.739. The first-order valence-electron chi connectivity index (χ1n) is 8.18. The van der Waals surface area contributed by atoms with E-state index in [-0.39, 0.29) is 0 Å². The Hall–Kier alpha value is -1.52. The minimum Gasteiger partial charge on any atom is -0.364 e. The van der Waals surface area contributed by atoms with Gasteiger partial charge in [-0.2, -0.15) is 0 Å². The molecule has 2 atom stereocenters. The Morgan fingerprint density at radius 2 is 2.04 bits per heavy atom. The lowest BCUT2D eigenvalue weighted by atomic mass is 9.97. The second-order valence-corrected chi connectivity index (χ2v) is 7.43. The van der Waals surface area contributed by atoms with Crippen molar-refractivity contribution in [2.75, 3.05) is 32.1 Å². The number of halogens is 1. The lowest BCUT2D eigenvalue weighted by Crippen LogP contribution is -2.53. The van der Waals surface area contributed by atoms with Crippen molar-refractivity contribution >= 4 is 23.0 Å². The van der Waals surface area contributed by atoms with E-state index in [0.29, 0.717) is 12.1 Å². The molecule has 2 unspecified atom stereocenters. The maximum atomic E-state index is 6.59. The Labute approximate surface area is 143 Å². The number of hydrogen-bond donors (Lipinski definition) is 0. The summed E-state index contributed by atoms with van der Waals surface area (Å²) in [7, 11) is 4.28. The van der Waals surface area contributed by atoms with Crippen LogP contribution in [0.15, 0.2) is 24.0 Å². The number of allylic oxidation sites excluding steroid dienone is 1. The van der Waals surface area contributed by atoms with Crippen molar-refractivity contribution in [3.05, 3.63) is 40.3 Å². The number of anilines is 1. The normalized spacial score (nSPS) is 27.3. The molecule has 5 heteroatoms. The molecule has 23 heavy (non-hydrogen) atoms. The summed E-state index contributed by atoms with van der Waals surface area (Å²) >= 11 is 6.59. The van der Waals surface area contributed by atoms with Crippen LogP contribution in [0.4, 0.5) is 5.69 Å². The van der Waals surface area contributed by atoms with Crippen LogP contribution in [0, 0.1) is 6.92 Å². The topological polar surface area (TPSA) is 22.6 Å². The predicted octanol–water partition coefficient (Wildman–Crippen LogP) is 3.13. The molecular weight excluding hydrogens is 308 g/mol. The maximum absolute atomic E-state index is 6.59. The first kappa shape index (κ1) is 15.0. The zero-order chi connectivity index (χ0) is 16.5. The molecule has 4 nitrogen and oxygen atoms in total. The van der Waals surface area contributed by atoms with Crippen LogP contribution in [0.2, 0.25) is 5.02 Å². The third-order valence-corrected chi connectivity index (χ3v) is 6.13. The molecule has 0 radical (unpaired) electrons. The van der Waals surface area contributed by atoms with Crippen LogP contribution in [0.3, 0.4) is 0 Å². The van der Waals surface area contributed by atoms with E-state index in [4.69, 9.17) is 11.6 Å². The molecular formula is C18H23ClN4. The van der Waals surface area contributed by atoms with Gasteiger partial charge in [-0.3, -0.25) is 9.88 Å². The fourth-order valence-corrected chi connectivity index (χ4v) is 4.39. The van der Waals surface area contributed by atoms with Gasteiger partial charge in [-0.25, -0.2) is 0 Å². The molecule has 1 aromatic heterocycles. The number of rotatable bonds is 0. The van der Waals surface area contributed by atoms with Gasteiger partial charge < -0.3 is 9.80 Å². The summed E-state index contributed by atoms with van der Waals surface area (Å²) in [6, 6.07) is 1.07. The third kappa shape index (κ3) is 1.98. The average molecular weight is 331 g/mol. The van der Waals surface area contributed by atoms with E-state index in [9.17, 15) is 0 Å². The second kappa shape index (κ2) is 4.99. The first-order chi connectivity index (χ1) is 10.9. The molecule has 3 aliphatic rings. The molecule has 4 heterocycles. The number of piperazine rings is 1. The molecule has 122 valence electrons. The number of aromatic nitrogens is 1. The molecule has 3 aliphatic heterocycles. The van der Waals surface area contributed by atoms with Gasteiger partial charge >= 0.3 is 0 Å². The quantitative estimate of drug-likeness (QED) is 0.729. The molecule has 1 fully saturated rings. The highest BCUT2D eigenvalue weighted by molar-refractivity contribution is 6.34. The number of fused-ring (bicyclic) bond motifs is 4. The minimum atomic E-state index is 0.525. The molecule has 1 aromatic rings. The van der Waals surface area contributed by atoms with Gasteiger partial charge in [0.2, 0.25) is 0 Å². The van der Waals surface area contributed by atoms with Crippen LogP contribution < -0.4 is 4.90 Å². The number of likely N-dealkylation sites (N-methyl/N-ethyl adjacent to an activating group) is 2. The van der Waals surface area contributed by atoms with Crippen LogP contribution in [0.5, 0.6) is 0 Å². The van der Waals surface area contributed by atoms with Crippen molar-refractivity contribution in [3.8, 4) is 0 Å². The Kier molecular flexibility index (Phi) is 3.26.